The van der Waals surface area contributed by atoms with Crippen LogP contribution < -0.4 is 11.3 Å². The average Bonchev–Trinajstić information content (AvgIpc) is 2.06. The fourth-order valence-electron chi connectivity index (χ4n) is 0.654. The number of phenols is 1. The van der Waals surface area contributed by atoms with Gasteiger partial charge in [-0.2, -0.15) is 0 Å². The summed E-state index contributed by atoms with van der Waals surface area (Å²) in [6, 6.07) is 5.81. The van der Waals surface area contributed by atoms with E-state index in [0.717, 1.165) is 0 Å². The van der Waals surface area contributed by atoms with Crippen LogP contribution in [0.4, 0.5) is 0 Å². The first-order valence-electron chi connectivity index (χ1n) is 3.52. The lowest BCUT2D eigenvalue weighted by atomic mass is 10.2. The summed E-state index contributed by atoms with van der Waals surface area (Å²) in [4.78, 5) is 10.3. The maximum absolute atomic E-state index is 10.3. The Kier molecular flexibility index (Phi) is 5.25. The summed E-state index contributed by atoms with van der Waals surface area (Å²) in [5, 5.41) is 17.3. The number of nitrogens with two attached hydrogens (primary N) is 1. The summed E-state index contributed by atoms with van der Waals surface area (Å²) in [5.74, 6) is 3.29. The number of benzene rings is 1. The molecular weight excluding hydrogens is 172 g/mol. The molecule has 0 saturated heterocycles. The zero-order valence-electron chi connectivity index (χ0n) is 7.19. The lowest BCUT2D eigenvalue weighted by molar-refractivity contribution is 0.0694. The molecule has 0 heterocycles. The summed E-state index contributed by atoms with van der Waals surface area (Å²) < 4.78 is 0. The molecule has 1 aromatic rings. The molecule has 0 aliphatic heterocycles. The Hall–Kier alpha value is -1.59. The van der Waals surface area contributed by atoms with Crippen molar-refractivity contribution in [2.75, 3.05) is 7.05 Å². The fourth-order valence-corrected chi connectivity index (χ4v) is 0.654. The summed E-state index contributed by atoms with van der Waals surface area (Å²) in [6.45, 7) is 0. The highest BCUT2D eigenvalue weighted by atomic mass is 16.4. The van der Waals surface area contributed by atoms with Crippen LogP contribution in [0.3, 0.4) is 0 Å². The first-order chi connectivity index (χ1) is 6.13. The van der Waals surface area contributed by atoms with E-state index in [1.807, 2.05) is 0 Å². The van der Waals surface area contributed by atoms with Crippen molar-refractivity contribution >= 4 is 5.97 Å². The van der Waals surface area contributed by atoms with Crippen molar-refractivity contribution in [2.24, 2.45) is 5.84 Å². The van der Waals surface area contributed by atoms with Gasteiger partial charge in [0.2, 0.25) is 0 Å². The normalized spacial score (nSPS) is 8.46. The Bertz CT molecular complexity index is 276. The van der Waals surface area contributed by atoms with Crippen LogP contribution >= 0.6 is 0 Å². The van der Waals surface area contributed by atoms with Gasteiger partial charge in [0.15, 0.2) is 0 Å². The summed E-state index contributed by atoms with van der Waals surface area (Å²) >= 11 is 0. The molecule has 5 nitrogen and oxygen atoms in total. The van der Waals surface area contributed by atoms with Crippen molar-refractivity contribution in [3.8, 4) is 5.75 Å². The number of hydrogen-bond acceptors (Lipinski definition) is 4. The number of aromatic carboxylic acids is 1. The lowest BCUT2D eigenvalue weighted by Gasteiger charge is -1.95. The Morgan fingerprint density at radius 3 is 2.23 bits per heavy atom. The number of carboxylic acid groups (broad SMARTS) is 1. The Morgan fingerprint density at radius 2 is 1.92 bits per heavy atom. The van der Waals surface area contributed by atoms with Crippen LogP contribution in [0.25, 0.3) is 0 Å². The number of aromatic hydroxyl groups is 1. The number of carboxylic acids is 1. The Morgan fingerprint density at radius 1 is 1.46 bits per heavy atom. The van der Waals surface area contributed by atoms with Crippen LogP contribution in [0, 0.1) is 0 Å². The van der Waals surface area contributed by atoms with E-state index in [1.165, 1.54) is 12.1 Å². The van der Waals surface area contributed by atoms with Gasteiger partial charge in [-0.05, 0) is 19.2 Å². The largest absolute Gasteiger partial charge is 0.507 e. The predicted molar refractivity (Wildman–Crippen MR) is 48.3 cm³/mol. The van der Waals surface area contributed by atoms with Gasteiger partial charge in [-0.25, -0.2) is 4.79 Å². The highest BCUT2D eigenvalue weighted by molar-refractivity contribution is 5.90. The van der Waals surface area contributed by atoms with Gasteiger partial charge in [0.05, 0.1) is 0 Å². The Balaban J connectivity index is 0.000000424. The summed E-state index contributed by atoms with van der Waals surface area (Å²) in [5.41, 5.74) is 2.18. The molecule has 5 heteroatoms. The third-order valence-corrected chi connectivity index (χ3v) is 1.13. The van der Waals surface area contributed by atoms with Crippen LogP contribution in [0.2, 0.25) is 0 Å². The molecule has 1 rings (SSSR count). The molecule has 0 aromatic heterocycles. The quantitative estimate of drug-likeness (QED) is 0.368. The molecule has 0 fully saturated rings. The second-order valence-electron chi connectivity index (χ2n) is 2.11. The number of nitrogens with one attached hydrogen (secondary N) is 1. The van der Waals surface area contributed by atoms with Crippen molar-refractivity contribution in [2.45, 2.75) is 0 Å². The molecule has 72 valence electrons. The fraction of sp³-hybridized carbons (Fsp3) is 0.125. The SMILES string of the molecule is CNN.O=C(O)c1ccccc1O. The minimum atomic E-state index is -1.11. The van der Waals surface area contributed by atoms with E-state index in [1.54, 1.807) is 19.2 Å². The van der Waals surface area contributed by atoms with E-state index >= 15 is 0 Å². The topological polar surface area (TPSA) is 95.6 Å². The first-order valence-corrected chi connectivity index (χ1v) is 3.52. The monoisotopic (exact) mass is 184 g/mol. The van der Waals surface area contributed by atoms with Gasteiger partial charge in [-0.3, -0.25) is 11.3 Å². The molecule has 0 unspecified atom stereocenters. The summed E-state index contributed by atoms with van der Waals surface area (Å²) in [7, 11) is 1.65. The predicted octanol–water partition coefficient (Wildman–Crippen LogP) is 0.170. The molecule has 13 heavy (non-hydrogen) atoms. The van der Waals surface area contributed by atoms with Crippen LogP contribution in [-0.4, -0.2) is 23.2 Å². The van der Waals surface area contributed by atoms with Crippen molar-refractivity contribution < 1.29 is 15.0 Å². The van der Waals surface area contributed by atoms with E-state index < -0.39 is 5.97 Å². The lowest BCUT2D eigenvalue weighted by Crippen LogP contribution is -2.13. The van der Waals surface area contributed by atoms with Crippen molar-refractivity contribution in [1.82, 2.24) is 5.43 Å². The first kappa shape index (κ1) is 11.4. The third kappa shape index (κ3) is 4.09. The maximum Gasteiger partial charge on any atom is 0.339 e. The molecule has 1 aromatic carbocycles. The Labute approximate surface area is 75.8 Å². The molecule has 0 radical (unpaired) electrons. The maximum atomic E-state index is 10.3. The van der Waals surface area contributed by atoms with Crippen LogP contribution in [-0.2, 0) is 0 Å². The number of para-hydroxylation sites is 1. The van der Waals surface area contributed by atoms with E-state index in [9.17, 15) is 4.79 Å². The van der Waals surface area contributed by atoms with Gasteiger partial charge in [-0.1, -0.05) is 12.1 Å². The molecule has 0 aliphatic rings. The van der Waals surface area contributed by atoms with Crippen LogP contribution in [0.15, 0.2) is 24.3 Å². The highest BCUT2D eigenvalue weighted by Gasteiger charge is 2.05. The van der Waals surface area contributed by atoms with Crippen LogP contribution in [0.5, 0.6) is 5.75 Å². The molecule has 0 spiro atoms. The van der Waals surface area contributed by atoms with Crippen molar-refractivity contribution in [1.29, 1.82) is 0 Å². The van der Waals surface area contributed by atoms with Gasteiger partial charge in [0.25, 0.3) is 0 Å². The zero-order chi connectivity index (χ0) is 10.3. The molecule has 0 amide bonds. The van der Waals surface area contributed by atoms with E-state index in [2.05, 4.69) is 11.3 Å². The van der Waals surface area contributed by atoms with Gasteiger partial charge in [0.1, 0.15) is 11.3 Å². The molecule has 0 bridgehead atoms. The second-order valence-corrected chi connectivity index (χ2v) is 2.11. The summed E-state index contributed by atoms with van der Waals surface area (Å²) in [6.07, 6.45) is 0. The van der Waals surface area contributed by atoms with Crippen LogP contribution in [0.1, 0.15) is 10.4 Å². The van der Waals surface area contributed by atoms with Crippen molar-refractivity contribution in [3.05, 3.63) is 29.8 Å². The van der Waals surface area contributed by atoms with Gasteiger partial charge >= 0.3 is 5.97 Å². The number of hydrazine groups is 1. The van der Waals surface area contributed by atoms with E-state index in [4.69, 9.17) is 10.2 Å². The smallest absolute Gasteiger partial charge is 0.339 e. The average molecular weight is 184 g/mol. The zero-order valence-corrected chi connectivity index (χ0v) is 7.19. The minimum Gasteiger partial charge on any atom is -0.507 e. The number of rotatable bonds is 1. The van der Waals surface area contributed by atoms with Gasteiger partial charge in [-0.15, -0.1) is 0 Å². The highest BCUT2D eigenvalue weighted by Crippen LogP contribution is 2.14. The standard InChI is InChI=1S/C7H6O3.CH6N2/c8-6-4-2-1-3-5(6)7(9)10;1-3-2/h1-4,8H,(H,9,10);3H,2H2,1H3. The van der Waals surface area contributed by atoms with Gasteiger partial charge in [0, 0.05) is 0 Å². The molecule has 0 atom stereocenters. The molecule has 5 N–H and O–H groups in total. The molecular formula is C8H12N2O3. The van der Waals surface area contributed by atoms with Gasteiger partial charge < -0.3 is 10.2 Å². The van der Waals surface area contributed by atoms with E-state index in [0.29, 0.717) is 0 Å². The third-order valence-electron chi connectivity index (χ3n) is 1.13. The number of hydrogen-bond donors (Lipinski definition) is 4. The molecule has 0 saturated carbocycles. The molecule has 0 aliphatic carbocycles. The van der Waals surface area contributed by atoms with Crippen molar-refractivity contribution in [3.63, 3.8) is 0 Å². The number of carbonyl (C=O) groups is 1. The minimum absolute atomic E-state index is 0.0671. The van der Waals surface area contributed by atoms with E-state index in [-0.39, 0.29) is 11.3 Å². The second kappa shape index (κ2) is 5.99.